The van der Waals surface area contributed by atoms with E-state index in [0.717, 1.165) is 24.3 Å². The highest BCUT2D eigenvalue weighted by Crippen LogP contribution is 2.24. The Kier molecular flexibility index (Phi) is 7.46. The van der Waals surface area contributed by atoms with Crippen LogP contribution >= 0.6 is 0 Å². The van der Waals surface area contributed by atoms with Crippen molar-refractivity contribution >= 4 is 23.5 Å². The number of benzene rings is 1. The quantitative estimate of drug-likeness (QED) is 0.363. The molecule has 10 nitrogen and oxygen atoms in total. The van der Waals surface area contributed by atoms with Gasteiger partial charge in [-0.2, -0.15) is 0 Å². The van der Waals surface area contributed by atoms with Crippen LogP contribution in [0.1, 0.15) is 13.3 Å². The van der Waals surface area contributed by atoms with Gasteiger partial charge in [0, 0.05) is 17.7 Å². The van der Waals surface area contributed by atoms with Crippen molar-refractivity contribution < 1.29 is 42.5 Å². The molecule has 1 aromatic rings. The number of carbonyl (C=O) groups is 3. The standard InChI is InChI=1S/C18H21F3N4O6/c1-8(15(22)28)23-16(29)9-6-12(14(27)13(26)7-9)25-17(30)24-10-2-4-11(5-3-10)31-18(19,20)21/h2-6,8,12-14,26-27H,7H2,1H3,(H2,22,28)(H,23,29)(H2,24,25,30)/t8-,12-,13-,14-/m1/s1. The molecule has 13 heteroatoms. The summed E-state index contributed by atoms with van der Waals surface area (Å²) in [6.45, 7) is 1.36. The fraction of sp³-hybridized carbons (Fsp3) is 0.389. The van der Waals surface area contributed by atoms with Crippen LogP contribution in [0.25, 0.3) is 0 Å². The average Bonchev–Trinajstić information content (AvgIpc) is 2.65. The third-order valence-corrected chi connectivity index (χ3v) is 4.28. The predicted octanol–water partition coefficient (Wildman–Crippen LogP) is 0.117. The van der Waals surface area contributed by atoms with Crippen LogP contribution in [0.5, 0.6) is 5.75 Å². The summed E-state index contributed by atoms with van der Waals surface area (Å²) < 4.78 is 40.2. The molecule has 0 heterocycles. The molecule has 0 spiro atoms. The van der Waals surface area contributed by atoms with Crippen molar-refractivity contribution in [2.75, 3.05) is 5.32 Å². The van der Waals surface area contributed by atoms with Gasteiger partial charge >= 0.3 is 12.4 Å². The van der Waals surface area contributed by atoms with Crippen LogP contribution in [0, 0.1) is 0 Å². The lowest BCUT2D eigenvalue weighted by atomic mass is 9.90. The lowest BCUT2D eigenvalue weighted by molar-refractivity contribution is -0.274. The number of alkyl halides is 3. The fourth-order valence-electron chi connectivity index (χ4n) is 2.68. The van der Waals surface area contributed by atoms with Crippen LogP contribution in [-0.4, -0.2) is 58.7 Å². The molecule has 1 aliphatic rings. The van der Waals surface area contributed by atoms with E-state index in [4.69, 9.17) is 5.73 Å². The number of primary amides is 1. The van der Waals surface area contributed by atoms with Crippen molar-refractivity contribution in [3.63, 3.8) is 0 Å². The average molecular weight is 446 g/mol. The zero-order chi connectivity index (χ0) is 23.3. The second kappa shape index (κ2) is 9.66. The molecule has 0 aliphatic heterocycles. The van der Waals surface area contributed by atoms with Gasteiger partial charge in [-0.25, -0.2) is 4.79 Å². The maximum absolute atomic E-state index is 12.2. The number of aliphatic hydroxyl groups excluding tert-OH is 2. The van der Waals surface area contributed by atoms with E-state index in [1.807, 2.05) is 0 Å². The first kappa shape index (κ1) is 24.0. The number of hydrogen-bond acceptors (Lipinski definition) is 6. The fourth-order valence-corrected chi connectivity index (χ4v) is 2.68. The van der Waals surface area contributed by atoms with E-state index in [-0.39, 0.29) is 17.7 Å². The number of rotatable bonds is 6. The third kappa shape index (κ3) is 7.15. The number of urea groups is 1. The van der Waals surface area contributed by atoms with Gasteiger partial charge in [-0.15, -0.1) is 13.2 Å². The molecule has 4 atom stereocenters. The van der Waals surface area contributed by atoms with Crippen molar-refractivity contribution in [3.05, 3.63) is 35.9 Å². The van der Waals surface area contributed by atoms with Gasteiger partial charge < -0.3 is 36.6 Å². The summed E-state index contributed by atoms with van der Waals surface area (Å²) in [4.78, 5) is 35.5. The molecule has 4 amide bonds. The molecule has 2 rings (SSSR count). The minimum Gasteiger partial charge on any atom is -0.406 e. The number of amides is 4. The van der Waals surface area contributed by atoms with Gasteiger partial charge in [0.15, 0.2) is 0 Å². The minimum atomic E-state index is -4.85. The second-order valence-electron chi connectivity index (χ2n) is 6.75. The first-order valence-corrected chi connectivity index (χ1v) is 8.96. The third-order valence-electron chi connectivity index (χ3n) is 4.28. The SMILES string of the molecule is C[C@@H](NC(=O)C1=C[C@@H](NC(=O)Nc2ccc(OC(F)(F)F)cc2)[C@@H](O)[C@H](O)C1)C(N)=O. The minimum absolute atomic E-state index is 0.0184. The van der Waals surface area contributed by atoms with E-state index in [2.05, 4.69) is 20.7 Å². The molecule has 0 saturated heterocycles. The van der Waals surface area contributed by atoms with Crippen LogP contribution in [0.3, 0.4) is 0 Å². The Balaban J connectivity index is 2.03. The highest BCUT2D eigenvalue weighted by atomic mass is 19.4. The summed E-state index contributed by atoms with van der Waals surface area (Å²) in [7, 11) is 0. The summed E-state index contributed by atoms with van der Waals surface area (Å²) in [6.07, 6.45) is -6.66. The Hall–Kier alpha value is -3.32. The maximum Gasteiger partial charge on any atom is 0.573 e. The van der Waals surface area contributed by atoms with E-state index in [1.165, 1.54) is 13.0 Å². The molecule has 1 aromatic carbocycles. The Bertz CT molecular complexity index is 859. The molecule has 170 valence electrons. The predicted molar refractivity (Wildman–Crippen MR) is 101 cm³/mol. The second-order valence-corrected chi connectivity index (χ2v) is 6.75. The largest absolute Gasteiger partial charge is 0.573 e. The lowest BCUT2D eigenvalue weighted by Gasteiger charge is -2.31. The van der Waals surface area contributed by atoms with Gasteiger partial charge in [-0.1, -0.05) is 6.08 Å². The molecule has 31 heavy (non-hydrogen) atoms. The maximum atomic E-state index is 12.2. The van der Waals surface area contributed by atoms with Gasteiger partial charge in [0.25, 0.3) is 0 Å². The first-order valence-electron chi connectivity index (χ1n) is 8.96. The van der Waals surface area contributed by atoms with Crippen molar-refractivity contribution in [2.45, 2.75) is 44.0 Å². The highest BCUT2D eigenvalue weighted by Gasteiger charge is 2.34. The molecule has 7 N–H and O–H groups in total. The van der Waals surface area contributed by atoms with Gasteiger partial charge in [0.05, 0.1) is 12.1 Å². The smallest absolute Gasteiger partial charge is 0.406 e. The topological polar surface area (TPSA) is 163 Å². The van der Waals surface area contributed by atoms with Gasteiger partial charge in [0.2, 0.25) is 11.8 Å². The summed E-state index contributed by atoms with van der Waals surface area (Å²) in [5.74, 6) is -1.95. The van der Waals surface area contributed by atoms with E-state index in [1.54, 1.807) is 0 Å². The number of ether oxygens (including phenoxy) is 1. The Morgan fingerprint density at radius 2 is 1.81 bits per heavy atom. The number of carbonyl (C=O) groups excluding carboxylic acids is 3. The lowest BCUT2D eigenvalue weighted by Crippen LogP contribution is -2.52. The molecule has 0 bridgehead atoms. The van der Waals surface area contributed by atoms with Crippen LogP contribution in [0.2, 0.25) is 0 Å². The number of anilines is 1. The van der Waals surface area contributed by atoms with E-state index in [9.17, 15) is 37.8 Å². The normalized spacial score (nSPS) is 22.0. The highest BCUT2D eigenvalue weighted by molar-refractivity contribution is 5.97. The van der Waals surface area contributed by atoms with E-state index < -0.39 is 54.2 Å². The Morgan fingerprint density at radius 3 is 2.35 bits per heavy atom. The van der Waals surface area contributed by atoms with E-state index in [0.29, 0.717) is 0 Å². The van der Waals surface area contributed by atoms with Crippen LogP contribution in [-0.2, 0) is 9.59 Å². The zero-order valence-electron chi connectivity index (χ0n) is 16.1. The number of hydrogen-bond donors (Lipinski definition) is 6. The van der Waals surface area contributed by atoms with E-state index >= 15 is 0 Å². The van der Waals surface area contributed by atoms with Crippen molar-refractivity contribution in [1.82, 2.24) is 10.6 Å². The molecule has 0 unspecified atom stereocenters. The first-order chi connectivity index (χ1) is 14.4. The van der Waals surface area contributed by atoms with Crippen LogP contribution < -0.4 is 26.4 Å². The van der Waals surface area contributed by atoms with Crippen molar-refractivity contribution in [2.24, 2.45) is 5.73 Å². The summed E-state index contributed by atoms with van der Waals surface area (Å²) >= 11 is 0. The van der Waals surface area contributed by atoms with Crippen LogP contribution in [0.4, 0.5) is 23.7 Å². The number of nitrogens with two attached hydrogens (primary N) is 1. The monoisotopic (exact) mass is 446 g/mol. The van der Waals surface area contributed by atoms with Gasteiger partial charge in [-0.3, -0.25) is 9.59 Å². The summed E-state index contributed by atoms with van der Waals surface area (Å²) in [5.41, 5.74) is 5.22. The molecule has 0 fully saturated rings. The van der Waals surface area contributed by atoms with Gasteiger partial charge in [0.1, 0.15) is 17.9 Å². The van der Waals surface area contributed by atoms with Crippen molar-refractivity contribution in [1.29, 1.82) is 0 Å². The molecule has 0 aromatic heterocycles. The molecule has 0 saturated carbocycles. The molecular formula is C18H21F3N4O6. The Morgan fingerprint density at radius 1 is 1.19 bits per heavy atom. The summed E-state index contributed by atoms with van der Waals surface area (Å²) in [5, 5.41) is 27.1. The molecular weight excluding hydrogens is 425 g/mol. The zero-order valence-corrected chi connectivity index (χ0v) is 16.1. The number of halogens is 3. The van der Waals surface area contributed by atoms with Crippen molar-refractivity contribution in [3.8, 4) is 5.75 Å². The van der Waals surface area contributed by atoms with Crippen LogP contribution in [0.15, 0.2) is 35.9 Å². The molecule has 1 aliphatic carbocycles. The van der Waals surface area contributed by atoms with Gasteiger partial charge in [-0.05, 0) is 31.2 Å². The molecule has 0 radical (unpaired) electrons. The number of nitrogens with one attached hydrogen (secondary N) is 3. The summed E-state index contributed by atoms with van der Waals surface area (Å²) in [6, 6.07) is 1.30. The number of aliphatic hydroxyl groups is 2. The Labute approximate surface area is 174 Å².